The van der Waals surface area contributed by atoms with E-state index in [1.807, 2.05) is 19.9 Å². The maximum Gasteiger partial charge on any atom is 0.267 e. The van der Waals surface area contributed by atoms with Crippen molar-refractivity contribution in [1.29, 1.82) is 0 Å². The van der Waals surface area contributed by atoms with Gasteiger partial charge in [0.15, 0.2) is 0 Å². The second-order valence-electron chi connectivity index (χ2n) is 4.66. The van der Waals surface area contributed by atoms with Crippen molar-refractivity contribution in [2.75, 3.05) is 14.2 Å². The van der Waals surface area contributed by atoms with Gasteiger partial charge in [0, 0.05) is 17.2 Å². The van der Waals surface area contributed by atoms with Gasteiger partial charge in [-0.05, 0) is 38.5 Å². The fourth-order valence-electron chi connectivity index (χ4n) is 1.89. The predicted octanol–water partition coefficient (Wildman–Crippen LogP) is 2.73. The summed E-state index contributed by atoms with van der Waals surface area (Å²) >= 11 is 0. The van der Waals surface area contributed by atoms with Crippen LogP contribution in [0.1, 0.15) is 25.0 Å². The third kappa shape index (κ3) is 4.65. The van der Waals surface area contributed by atoms with Crippen molar-refractivity contribution in [3.05, 3.63) is 41.0 Å². The van der Waals surface area contributed by atoms with Crippen molar-refractivity contribution in [3.8, 4) is 11.5 Å². The number of rotatable bonds is 6. The molecule has 21 heavy (non-hydrogen) atoms. The number of nitrogens with one attached hydrogen (secondary N) is 1. The average molecular weight is 291 g/mol. The van der Waals surface area contributed by atoms with Crippen LogP contribution in [0.25, 0.3) is 6.08 Å². The lowest BCUT2D eigenvalue weighted by molar-refractivity contribution is -0.124. The standard InChI is InChI=1S/C16H21NO4/c1-11(2)5-8-13-14(20-3)9-6-12(16(13)21-4)7-10-15(18)17-19/h5-7,9-10,19H,8H2,1-4H3,(H,17,18)/b10-7-. The molecule has 5 heteroatoms. The number of hydroxylamine groups is 1. The topological polar surface area (TPSA) is 67.8 Å². The van der Waals surface area contributed by atoms with Gasteiger partial charge in [-0.2, -0.15) is 0 Å². The maximum atomic E-state index is 11.1. The van der Waals surface area contributed by atoms with Crippen LogP contribution in [0.3, 0.4) is 0 Å². The summed E-state index contributed by atoms with van der Waals surface area (Å²) < 4.78 is 10.8. The highest BCUT2D eigenvalue weighted by atomic mass is 16.5. The molecule has 0 aliphatic carbocycles. The van der Waals surface area contributed by atoms with Gasteiger partial charge in [-0.1, -0.05) is 11.6 Å². The summed E-state index contributed by atoms with van der Waals surface area (Å²) in [6.07, 6.45) is 5.56. The van der Waals surface area contributed by atoms with Crippen LogP contribution in [0.15, 0.2) is 29.9 Å². The molecule has 0 heterocycles. The van der Waals surface area contributed by atoms with Crippen molar-refractivity contribution in [2.45, 2.75) is 20.3 Å². The van der Waals surface area contributed by atoms with E-state index in [9.17, 15) is 4.79 Å². The highest BCUT2D eigenvalue weighted by Crippen LogP contribution is 2.33. The Morgan fingerprint density at radius 2 is 2.00 bits per heavy atom. The fourth-order valence-corrected chi connectivity index (χ4v) is 1.89. The molecular weight excluding hydrogens is 270 g/mol. The smallest absolute Gasteiger partial charge is 0.267 e. The molecule has 0 saturated carbocycles. The second-order valence-corrected chi connectivity index (χ2v) is 4.66. The van der Waals surface area contributed by atoms with E-state index >= 15 is 0 Å². The lowest BCUT2D eigenvalue weighted by Crippen LogP contribution is -2.14. The second kappa shape index (κ2) is 8.11. The summed E-state index contributed by atoms with van der Waals surface area (Å²) in [6.45, 7) is 4.04. The molecule has 0 unspecified atom stereocenters. The number of ether oxygens (including phenoxy) is 2. The number of hydrogen-bond acceptors (Lipinski definition) is 4. The van der Waals surface area contributed by atoms with Gasteiger partial charge in [0.2, 0.25) is 0 Å². The summed E-state index contributed by atoms with van der Waals surface area (Å²) in [7, 11) is 3.18. The third-order valence-corrected chi connectivity index (χ3v) is 2.91. The van der Waals surface area contributed by atoms with Crippen LogP contribution >= 0.6 is 0 Å². The number of benzene rings is 1. The molecule has 0 spiro atoms. The van der Waals surface area contributed by atoms with Crippen molar-refractivity contribution >= 4 is 12.0 Å². The van der Waals surface area contributed by atoms with E-state index in [4.69, 9.17) is 14.7 Å². The Morgan fingerprint density at radius 1 is 1.29 bits per heavy atom. The SMILES string of the molecule is COc1ccc(/C=C\C(=O)NO)c(OC)c1CC=C(C)C. The van der Waals surface area contributed by atoms with Crippen LogP contribution in [0.2, 0.25) is 0 Å². The minimum absolute atomic E-state index is 0.598. The van der Waals surface area contributed by atoms with Crippen molar-refractivity contribution in [2.24, 2.45) is 0 Å². The van der Waals surface area contributed by atoms with Gasteiger partial charge >= 0.3 is 0 Å². The van der Waals surface area contributed by atoms with E-state index in [1.54, 1.807) is 31.8 Å². The highest BCUT2D eigenvalue weighted by molar-refractivity contribution is 5.91. The Morgan fingerprint density at radius 3 is 2.52 bits per heavy atom. The predicted molar refractivity (Wildman–Crippen MR) is 81.6 cm³/mol. The fraction of sp³-hybridized carbons (Fsp3) is 0.312. The van der Waals surface area contributed by atoms with Gasteiger partial charge in [0.25, 0.3) is 5.91 Å². The molecule has 1 aromatic carbocycles. The zero-order valence-electron chi connectivity index (χ0n) is 12.8. The number of hydrogen-bond donors (Lipinski definition) is 2. The Bertz CT molecular complexity index is 558. The minimum Gasteiger partial charge on any atom is -0.496 e. The van der Waals surface area contributed by atoms with Crippen LogP contribution < -0.4 is 15.0 Å². The molecular formula is C16H21NO4. The highest BCUT2D eigenvalue weighted by Gasteiger charge is 2.12. The zero-order chi connectivity index (χ0) is 15.8. The first-order valence-electron chi connectivity index (χ1n) is 6.52. The van der Waals surface area contributed by atoms with Gasteiger partial charge in [-0.3, -0.25) is 10.0 Å². The summed E-state index contributed by atoms with van der Waals surface area (Å²) in [4.78, 5) is 11.1. The summed E-state index contributed by atoms with van der Waals surface area (Å²) in [5, 5.41) is 8.51. The van der Waals surface area contributed by atoms with E-state index in [0.717, 1.165) is 16.9 Å². The molecule has 1 rings (SSSR count). The lowest BCUT2D eigenvalue weighted by Gasteiger charge is -2.14. The first kappa shape index (κ1) is 16.8. The molecule has 1 amide bonds. The third-order valence-electron chi connectivity index (χ3n) is 2.91. The van der Waals surface area contributed by atoms with Crippen LogP contribution in [0.4, 0.5) is 0 Å². The molecule has 114 valence electrons. The molecule has 0 aromatic heterocycles. The molecule has 0 radical (unpaired) electrons. The monoisotopic (exact) mass is 291 g/mol. The Hall–Kier alpha value is -2.27. The number of methoxy groups -OCH3 is 2. The molecule has 0 atom stereocenters. The van der Waals surface area contributed by atoms with Crippen LogP contribution in [-0.4, -0.2) is 25.3 Å². The average Bonchev–Trinajstić information content (AvgIpc) is 2.49. The normalized spacial score (nSPS) is 10.3. The van der Waals surface area contributed by atoms with E-state index in [0.29, 0.717) is 12.2 Å². The van der Waals surface area contributed by atoms with E-state index in [1.165, 1.54) is 11.6 Å². The lowest BCUT2D eigenvalue weighted by atomic mass is 10.0. The van der Waals surface area contributed by atoms with Gasteiger partial charge < -0.3 is 9.47 Å². The van der Waals surface area contributed by atoms with Crippen molar-refractivity contribution in [1.82, 2.24) is 5.48 Å². The number of carbonyl (C=O) groups is 1. The number of carbonyl (C=O) groups excluding carboxylic acids is 1. The van der Waals surface area contributed by atoms with E-state index in [2.05, 4.69) is 6.08 Å². The van der Waals surface area contributed by atoms with E-state index in [-0.39, 0.29) is 0 Å². The molecule has 0 aliphatic heterocycles. The van der Waals surface area contributed by atoms with Crippen LogP contribution in [-0.2, 0) is 11.2 Å². The summed E-state index contributed by atoms with van der Waals surface area (Å²) in [5.74, 6) is 0.778. The van der Waals surface area contributed by atoms with Crippen LogP contribution in [0.5, 0.6) is 11.5 Å². The van der Waals surface area contributed by atoms with Crippen molar-refractivity contribution in [3.63, 3.8) is 0 Å². The quantitative estimate of drug-likeness (QED) is 0.366. The van der Waals surface area contributed by atoms with Crippen molar-refractivity contribution < 1.29 is 19.5 Å². The first-order chi connectivity index (χ1) is 10.0. The Kier molecular flexibility index (Phi) is 6.49. The minimum atomic E-state index is -0.598. The first-order valence-corrected chi connectivity index (χ1v) is 6.52. The van der Waals surface area contributed by atoms with Crippen LogP contribution in [0, 0.1) is 0 Å². The Labute approximate surface area is 124 Å². The van der Waals surface area contributed by atoms with Gasteiger partial charge in [-0.25, -0.2) is 5.48 Å². The van der Waals surface area contributed by atoms with E-state index < -0.39 is 5.91 Å². The van der Waals surface area contributed by atoms with Gasteiger partial charge in [-0.15, -0.1) is 0 Å². The molecule has 5 nitrogen and oxygen atoms in total. The van der Waals surface area contributed by atoms with Gasteiger partial charge in [0.05, 0.1) is 14.2 Å². The van der Waals surface area contributed by atoms with Gasteiger partial charge in [0.1, 0.15) is 11.5 Å². The Balaban J connectivity index is 3.28. The summed E-state index contributed by atoms with van der Waals surface area (Å²) in [6, 6.07) is 3.62. The molecule has 0 fully saturated rings. The zero-order valence-corrected chi connectivity index (χ0v) is 12.8. The molecule has 0 bridgehead atoms. The summed E-state index contributed by atoms with van der Waals surface area (Å²) in [5.41, 5.74) is 4.39. The maximum absolute atomic E-state index is 11.1. The molecule has 2 N–H and O–H groups in total. The largest absolute Gasteiger partial charge is 0.496 e. The number of allylic oxidation sites excluding steroid dienone is 2. The molecule has 0 saturated heterocycles. The molecule has 1 aromatic rings. The molecule has 0 aliphatic rings. The number of amides is 1.